The molecule has 0 aliphatic carbocycles. The number of ether oxygens (including phenoxy) is 1. The van der Waals surface area contributed by atoms with E-state index in [4.69, 9.17) is 11.6 Å². The zero-order valence-corrected chi connectivity index (χ0v) is 11.0. The van der Waals surface area contributed by atoms with Gasteiger partial charge in [0.05, 0.1) is 18.7 Å². The molecule has 0 bridgehead atoms. The van der Waals surface area contributed by atoms with Crippen molar-refractivity contribution in [1.29, 1.82) is 0 Å². The predicted octanol–water partition coefficient (Wildman–Crippen LogP) is 2.71. The van der Waals surface area contributed by atoms with Crippen molar-refractivity contribution in [3.05, 3.63) is 29.0 Å². The summed E-state index contributed by atoms with van der Waals surface area (Å²) in [6.07, 6.45) is 0. The van der Waals surface area contributed by atoms with Gasteiger partial charge in [-0.25, -0.2) is 4.39 Å². The standard InChI is InChI=1S/C7H5ClFO.ClH.Zn/c1-10-7-5(8)3-2-4-6(7)9;;/h2-3H,1H3;1H;/q-1;;. The van der Waals surface area contributed by atoms with Crippen LogP contribution in [-0.4, -0.2) is 7.11 Å². The summed E-state index contributed by atoms with van der Waals surface area (Å²) in [5, 5.41) is 0.263. The molecule has 1 aromatic carbocycles. The van der Waals surface area contributed by atoms with Crippen LogP contribution < -0.4 is 4.74 Å². The van der Waals surface area contributed by atoms with Crippen molar-refractivity contribution in [2.24, 2.45) is 0 Å². The molecule has 0 aliphatic heterocycles. The van der Waals surface area contributed by atoms with Gasteiger partial charge in [0, 0.05) is 19.5 Å². The van der Waals surface area contributed by atoms with Crippen molar-refractivity contribution in [2.45, 2.75) is 0 Å². The van der Waals surface area contributed by atoms with Gasteiger partial charge in [0.2, 0.25) is 0 Å². The van der Waals surface area contributed by atoms with Gasteiger partial charge in [0.15, 0.2) is 0 Å². The van der Waals surface area contributed by atoms with Crippen LogP contribution in [0.25, 0.3) is 0 Å². The Morgan fingerprint density at radius 3 is 2.50 bits per heavy atom. The summed E-state index contributed by atoms with van der Waals surface area (Å²) in [5.41, 5.74) is 0. The number of benzene rings is 1. The third-order valence-corrected chi connectivity index (χ3v) is 1.36. The summed E-state index contributed by atoms with van der Waals surface area (Å²) >= 11 is 5.54. The molecule has 1 rings (SSSR count). The zero-order chi connectivity index (χ0) is 7.56. The zero-order valence-electron chi connectivity index (χ0n) is 6.43. The van der Waals surface area contributed by atoms with Crippen LogP contribution in [0.4, 0.5) is 4.39 Å². The van der Waals surface area contributed by atoms with Crippen molar-refractivity contribution in [3.8, 4) is 5.75 Å². The Kier molecular flexibility index (Phi) is 8.12. The third kappa shape index (κ3) is 3.26. The molecule has 12 heavy (non-hydrogen) atoms. The smallest absolute Gasteiger partial charge is 0.0609 e. The molecule has 0 fully saturated rings. The largest absolute Gasteiger partial charge is 0.550 e. The van der Waals surface area contributed by atoms with Gasteiger partial charge >= 0.3 is 0 Å². The summed E-state index contributed by atoms with van der Waals surface area (Å²) in [5.74, 6) is -0.515. The predicted molar refractivity (Wildman–Crippen MR) is 44.0 cm³/mol. The van der Waals surface area contributed by atoms with Gasteiger partial charge in [-0.3, -0.25) is 0 Å². The minimum absolute atomic E-state index is 0. The minimum atomic E-state index is -0.560. The quantitative estimate of drug-likeness (QED) is 0.558. The maximum atomic E-state index is 12.6. The fourth-order valence-corrected chi connectivity index (χ4v) is 0.844. The maximum Gasteiger partial charge on any atom is 0.0609 e. The third-order valence-electron chi connectivity index (χ3n) is 1.06. The van der Waals surface area contributed by atoms with E-state index in [9.17, 15) is 4.39 Å². The van der Waals surface area contributed by atoms with Gasteiger partial charge in [-0.2, -0.15) is 6.07 Å². The van der Waals surface area contributed by atoms with Crippen LogP contribution in [0.1, 0.15) is 0 Å². The van der Waals surface area contributed by atoms with Crippen LogP contribution in [-0.2, 0) is 19.5 Å². The summed E-state index contributed by atoms with van der Waals surface area (Å²) in [4.78, 5) is 0. The molecule has 0 radical (unpaired) electrons. The van der Waals surface area contributed by atoms with E-state index in [1.165, 1.54) is 19.2 Å². The first-order valence-electron chi connectivity index (χ1n) is 2.65. The second-order valence-electron chi connectivity index (χ2n) is 1.67. The SMILES string of the molecule is COc1c(F)[c-]ccc1Cl.Cl.[Zn]. The monoisotopic (exact) mass is 259 g/mol. The van der Waals surface area contributed by atoms with E-state index in [2.05, 4.69) is 10.8 Å². The van der Waals surface area contributed by atoms with E-state index < -0.39 is 5.82 Å². The topological polar surface area (TPSA) is 9.23 Å². The Labute approximate surface area is 94.4 Å². The molecular weight excluding hydrogens is 255 g/mol. The molecule has 0 heterocycles. The molecular formula is C7H6Cl2FOZn-. The van der Waals surface area contributed by atoms with Gasteiger partial charge in [-0.1, -0.05) is 0 Å². The molecule has 0 aromatic heterocycles. The molecule has 0 aliphatic rings. The first-order chi connectivity index (χ1) is 4.75. The number of halogens is 3. The van der Waals surface area contributed by atoms with Crippen molar-refractivity contribution in [1.82, 2.24) is 0 Å². The molecule has 5 heteroatoms. The summed E-state index contributed by atoms with van der Waals surface area (Å²) in [7, 11) is 1.36. The van der Waals surface area contributed by atoms with Crippen LogP contribution in [0.15, 0.2) is 12.1 Å². The Morgan fingerprint density at radius 1 is 1.58 bits per heavy atom. The molecule has 0 saturated heterocycles. The molecule has 1 nitrogen and oxygen atoms in total. The summed E-state index contributed by atoms with van der Waals surface area (Å²) < 4.78 is 17.2. The van der Waals surface area contributed by atoms with E-state index in [1.807, 2.05) is 0 Å². The molecule has 0 unspecified atom stereocenters. The van der Waals surface area contributed by atoms with E-state index in [0.29, 0.717) is 0 Å². The molecule has 0 spiro atoms. The van der Waals surface area contributed by atoms with Gasteiger partial charge in [0.1, 0.15) is 0 Å². The fraction of sp³-hybridized carbons (Fsp3) is 0.143. The maximum absolute atomic E-state index is 12.6. The minimum Gasteiger partial charge on any atom is -0.550 e. The van der Waals surface area contributed by atoms with Crippen LogP contribution in [0.5, 0.6) is 5.75 Å². The second-order valence-corrected chi connectivity index (χ2v) is 2.08. The van der Waals surface area contributed by atoms with Crippen LogP contribution >= 0.6 is 24.0 Å². The van der Waals surface area contributed by atoms with Gasteiger partial charge < -0.3 is 4.74 Å². The Balaban J connectivity index is 0. The van der Waals surface area contributed by atoms with Crippen LogP contribution in [0.2, 0.25) is 5.02 Å². The molecule has 0 amide bonds. The average Bonchev–Trinajstić information content (AvgIpc) is 1.88. The van der Waals surface area contributed by atoms with Crippen molar-refractivity contribution in [2.75, 3.05) is 7.11 Å². The molecule has 64 valence electrons. The van der Waals surface area contributed by atoms with Crippen molar-refractivity contribution >= 4 is 24.0 Å². The Bertz CT molecular complexity index is 225. The van der Waals surface area contributed by atoms with Crippen LogP contribution in [0.3, 0.4) is 0 Å². The second kappa shape index (κ2) is 6.65. The summed E-state index contributed by atoms with van der Waals surface area (Å²) in [6, 6.07) is 5.24. The van der Waals surface area contributed by atoms with Crippen molar-refractivity contribution < 1.29 is 28.6 Å². The molecule has 1 aromatic rings. The van der Waals surface area contributed by atoms with E-state index >= 15 is 0 Å². The van der Waals surface area contributed by atoms with Gasteiger partial charge in [0.25, 0.3) is 0 Å². The number of hydrogen-bond donors (Lipinski definition) is 0. The van der Waals surface area contributed by atoms with Crippen LogP contribution in [0, 0.1) is 11.9 Å². The first kappa shape index (κ1) is 14.7. The van der Waals surface area contributed by atoms with Crippen molar-refractivity contribution in [3.63, 3.8) is 0 Å². The van der Waals surface area contributed by atoms with E-state index in [-0.39, 0.29) is 42.7 Å². The number of rotatable bonds is 1. The van der Waals surface area contributed by atoms with Gasteiger partial charge in [-0.15, -0.1) is 36.1 Å². The van der Waals surface area contributed by atoms with Gasteiger partial charge in [-0.05, 0) is 5.02 Å². The molecule has 0 saturated carbocycles. The average molecular weight is 261 g/mol. The fourth-order valence-electron chi connectivity index (χ4n) is 0.621. The molecule has 0 atom stereocenters. The normalized spacial score (nSPS) is 7.92. The van der Waals surface area contributed by atoms with E-state index in [0.717, 1.165) is 0 Å². The first-order valence-corrected chi connectivity index (χ1v) is 3.03. The Morgan fingerprint density at radius 2 is 2.17 bits per heavy atom. The Hall–Kier alpha value is 0.153. The number of methoxy groups -OCH3 is 1. The molecule has 0 N–H and O–H groups in total. The summed E-state index contributed by atoms with van der Waals surface area (Å²) in [6.45, 7) is 0. The number of hydrogen-bond acceptors (Lipinski definition) is 1. The van der Waals surface area contributed by atoms with E-state index in [1.54, 1.807) is 0 Å².